The molecule has 1 heterocycles. The molecule has 0 aromatic heterocycles. The van der Waals surface area contributed by atoms with Crippen LogP contribution < -0.4 is 0 Å². The predicted molar refractivity (Wildman–Crippen MR) is 75.4 cm³/mol. The van der Waals surface area contributed by atoms with Crippen molar-refractivity contribution in [3.05, 3.63) is 35.4 Å². The topological polar surface area (TPSA) is 63.7 Å². The molecular weight excluding hydrogens is 270 g/mol. The number of rotatable bonds is 2. The van der Waals surface area contributed by atoms with E-state index in [4.69, 9.17) is 4.74 Å². The highest BCUT2D eigenvalue weighted by molar-refractivity contribution is 6.21. The normalized spacial score (nSPS) is 15.9. The van der Waals surface area contributed by atoms with E-state index in [-0.39, 0.29) is 11.8 Å². The molecule has 1 aromatic carbocycles. The minimum Gasteiger partial charge on any atom is -0.450 e. The molecule has 0 unspecified atom stereocenters. The summed E-state index contributed by atoms with van der Waals surface area (Å²) < 4.78 is 4.88. The van der Waals surface area contributed by atoms with Crippen molar-refractivity contribution in [1.29, 1.82) is 0 Å². The molecular formula is C16H15NO4. The lowest BCUT2D eigenvalue weighted by Crippen LogP contribution is -2.37. The Morgan fingerprint density at radius 1 is 1.10 bits per heavy atom. The van der Waals surface area contributed by atoms with Gasteiger partial charge in [0.15, 0.2) is 6.10 Å². The van der Waals surface area contributed by atoms with E-state index in [0.29, 0.717) is 11.1 Å². The molecule has 5 heteroatoms. The SMILES string of the molecule is CC(=O)O[C@@H](C)C#C[C@H](C)N1C(=O)c2ccccc2C1=O. The first kappa shape index (κ1) is 14.8. The van der Waals surface area contributed by atoms with E-state index in [2.05, 4.69) is 11.8 Å². The lowest BCUT2D eigenvalue weighted by molar-refractivity contribution is -0.143. The van der Waals surface area contributed by atoms with Crippen LogP contribution in [0.4, 0.5) is 0 Å². The predicted octanol–water partition coefficient (Wildman–Crippen LogP) is 1.63. The number of amides is 2. The highest BCUT2D eigenvalue weighted by Gasteiger charge is 2.37. The van der Waals surface area contributed by atoms with Crippen LogP contribution in [0.2, 0.25) is 0 Å². The summed E-state index contributed by atoms with van der Waals surface area (Å²) in [5.41, 5.74) is 0.786. The molecule has 0 spiro atoms. The van der Waals surface area contributed by atoms with Gasteiger partial charge in [0, 0.05) is 6.92 Å². The maximum Gasteiger partial charge on any atom is 0.303 e. The molecule has 1 aliphatic heterocycles. The molecule has 2 atom stereocenters. The van der Waals surface area contributed by atoms with E-state index < -0.39 is 18.1 Å². The van der Waals surface area contributed by atoms with Gasteiger partial charge in [-0.25, -0.2) is 0 Å². The third-order valence-electron chi connectivity index (χ3n) is 3.05. The van der Waals surface area contributed by atoms with E-state index in [9.17, 15) is 14.4 Å². The first-order chi connectivity index (χ1) is 9.91. The van der Waals surface area contributed by atoms with Gasteiger partial charge >= 0.3 is 5.97 Å². The monoisotopic (exact) mass is 285 g/mol. The standard InChI is InChI=1S/C16H15NO4/c1-10(8-9-11(2)21-12(3)18)17-15(19)13-6-4-5-7-14(13)16(17)20/h4-7,10-11H,1-3H3/t10-,11-/m0/s1. The average molecular weight is 285 g/mol. The van der Waals surface area contributed by atoms with Crippen LogP contribution in [0.25, 0.3) is 0 Å². The average Bonchev–Trinajstić information content (AvgIpc) is 2.68. The van der Waals surface area contributed by atoms with Crippen LogP contribution in [0.15, 0.2) is 24.3 Å². The van der Waals surface area contributed by atoms with Gasteiger partial charge in [-0.2, -0.15) is 0 Å². The fraction of sp³-hybridized carbons (Fsp3) is 0.312. The molecule has 108 valence electrons. The second-order valence-electron chi connectivity index (χ2n) is 4.74. The summed E-state index contributed by atoms with van der Waals surface area (Å²) in [6.45, 7) is 4.59. The van der Waals surface area contributed by atoms with Crippen LogP contribution in [-0.4, -0.2) is 34.8 Å². The fourth-order valence-electron chi connectivity index (χ4n) is 2.14. The van der Waals surface area contributed by atoms with Crippen LogP contribution >= 0.6 is 0 Å². The van der Waals surface area contributed by atoms with Crippen molar-refractivity contribution >= 4 is 17.8 Å². The molecule has 0 fully saturated rings. The van der Waals surface area contributed by atoms with Crippen molar-refractivity contribution in [3.63, 3.8) is 0 Å². The summed E-state index contributed by atoms with van der Waals surface area (Å²) in [5, 5.41) is 0. The number of benzene rings is 1. The lowest BCUT2D eigenvalue weighted by atomic mass is 10.1. The van der Waals surface area contributed by atoms with Crippen molar-refractivity contribution in [1.82, 2.24) is 4.90 Å². The number of carbonyl (C=O) groups excluding carboxylic acids is 3. The Morgan fingerprint density at radius 2 is 1.62 bits per heavy atom. The number of imide groups is 1. The van der Waals surface area contributed by atoms with Gasteiger partial charge in [-0.15, -0.1) is 0 Å². The second kappa shape index (κ2) is 5.80. The van der Waals surface area contributed by atoms with Crippen molar-refractivity contribution in [2.75, 3.05) is 0 Å². The Balaban J connectivity index is 2.17. The van der Waals surface area contributed by atoms with Crippen molar-refractivity contribution in [3.8, 4) is 11.8 Å². The Bertz CT molecular complexity index is 633. The van der Waals surface area contributed by atoms with E-state index in [0.717, 1.165) is 4.90 Å². The number of carbonyl (C=O) groups is 3. The van der Waals surface area contributed by atoms with E-state index in [1.165, 1.54) is 6.92 Å². The molecule has 1 aliphatic rings. The second-order valence-corrected chi connectivity index (χ2v) is 4.74. The number of ether oxygens (including phenoxy) is 1. The molecule has 21 heavy (non-hydrogen) atoms. The van der Waals surface area contributed by atoms with Gasteiger partial charge in [0.25, 0.3) is 11.8 Å². The van der Waals surface area contributed by atoms with Crippen LogP contribution in [0, 0.1) is 11.8 Å². The van der Waals surface area contributed by atoms with E-state index in [1.54, 1.807) is 38.1 Å². The summed E-state index contributed by atoms with van der Waals surface area (Å²) in [6, 6.07) is 6.09. The van der Waals surface area contributed by atoms with Gasteiger partial charge in [-0.1, -0.05) is 24.0 Å². The number of nitrogens with zero attached hydrogens (tertiary/aromatic N) is 1. The van der Waals surface area contributed by atoms with Crippen LogP contribution in [0.1, 0.15) is 41.5 Å². The first-order valence-electron chi connectivity index (χ1n) is 6.57. The molecule has 1 aromatic rings. The smallest absolute Gasteiger partial charge is 0.303 e. The number of fused-ring (bicyclic) bond motifs is 1. The third kappa shape index (κ3) is 2.95. The molecule has 0 bridgehead atoms. The Labute approximate surface area is 122 Å². The molecule has 0 saturated carbocycles. The molecule has 5 nitrogen and oxygen atoms in total. The summed E-state index contributed by atoms with van der Waals surface area (Å²) in [6.07, 6.45) is -0.583. The van der Waals surface area contributed by atoms with Crippen LogP contribution in [0.3, 0.4) is 0 Å². The van der Waals surface area contributed by atoms with Gasteiger partial charge in [0.1, 0.15) is 0 Å². The minimum atomic E-state index is -0.588. The number of hydrogen-bond donors (Lipinski definition) is 0. The maximum absolute atomic E-state index is 12.2. The zero-order valence-corrected chi connectivity index (χ0v) is 12.0. The largest absolute Gasteiger partial charge is 0.450 e. The molecule has 2 amide bonds. The summed E-state index contributed by atoms with van der Waals surface area (Å²) >= 11 is 0. The van der Waals surface area contributed by atoms with Gasteiger partial charge in [-0.3, -0.25) is 19.3 Å². The molecule has 0 radical (unpaired) electrons. The zero-order valence-electron chi connectivity index (χ0n) is 12.0. The molecule has 0 N–H and O–H groups in total. The highest BCUT2D eigenvalue weighted by Crippen LogP contribution is 2.24. The third-order valence-corrected chi connectivity index (χ3v) is 3.05. The van der Waals surface area contributed by atoms with E-state index >= 15 is 0 Å². The summed E-state index contributed by atoms with van der Waals surface area (Å²) in [5.74, 6) is 4.38. The first-order valence-corrected chi connectivity index (χ1v) is 6.57. The molecule has 2 rings (SSSR count). The number of hydrogen-bond acceptors (Lipinski definition) is 4. The minimum absolute atomic E-state index is 0.350. The highest BCUT2D eigenvalue weighted by atomic mass is 16.5. The quantitative estimate of drug-likeness (QED) is 0.470. The maximum atomic E-state index is 12.2. The van der Waals surface area contributed by atoms with Crippen molar-refractivity contribution in [2.24, 2.45) is 0 Å². The van der Waals surface area contributed by atoms with Crippen LogP contribution in [0.5, 0.6) is 0 Å². The van der Waals surface area contributed by atoms with Gasteiger partial charge in [0.05, 0.1) is 17.2 Å². The fourth-order valence-corrected chi connectivity index (χ4v) is 2.14. The van der Waals surface area contributed by atoms with Gasteiger partial charge in [-0.05, 0) is 26.0 Å². The van der Waals surface area contributed by atoms with Gasteiger partial charge in [0.2, 0.25) is 0 Å². The zero-order chi connectivity index (χ0) is 15.6. The lowest BCUT2D eigenvalue weighted by Gasteiger charge is -2.17. The van der Waals surface area contributed by atoms with Crippen molar-refractivity contribution < 1.29 is 19.1 Å². The van der Waals surface area contributed by atoms with Crippen molar-refractivity contribution in [2.45, 2.75) is 32.9 Å². The Kier molecular flexibility index (Phi) is 4.08. The molecule has 0 saturated heterocycles. The summed E-state index contributed by atoms with van der Waals surface area (Å²) in [4.78, 5) is 36.4. The van der Waals surface area contributed by atoms with Gasteiger partial charge < -0.3 is 4.74 Å². The van der Waals surface area contributed by atoms with E-state index in [1.807, 2.05) is 0 Å². The summed E-state index contributed by atoms with van der Waals surface area (Å²) in [7, 11) is 0. The molecule has 0 aliphatic carbocycles. The Hall–Kier alpha value is -2.61. The number of esters is 1. The Morgan fingerprint density at radius 3 is 2.10 bits per heavy atom. The van der Waals surface area contributed by atoms with Crippen LogP contribution in [-0.2, 0) is 9.53 Å².